The quantitative estimate of drug-likeness (QED) is 0.789. The van der Waals surface area contributed by atoms with Gasteiger partial charge in [0.2, 0.25) is 0 Å². The molecule has 0 aromatic heterocycles. The van der Waals surface area contributed by atoms with E-state index in [1.54, 1.807) is 26.4 Å². The molecule has 3 nitrogen and oxygen atoms in total. The lowest BCUT2D eigenvalue weighted by atomic mass is 10.1. The second-order valence-electron chi connectivity index (χ2n) is 4.71. The van der Waals surface area contributed by atoms with E-state index in [1.165, 1.54) is 6.07 Å². The minimum atomic E-state index is -0.193. The van der Waals surface area contributed by atoms with E-state index in [9.17, 15) is 4.39 Å². The molecule has 2 aromatic rings. The molecular weight excluding hydrogens is 305 g/mol. The summed E-state index contributed by atoms with van der Waals surface area (Å²) >= 11 is 0. The Bertz CT molecular complexity index is 593. The van der Waals surface area contributed by atoms with Crippen molar-refractivity contribution in [3.63, 3.8) is 0 Å². The van der Waals surface area contributed by atoms with Crippen molar-refractivity contribution in [1.29, 1.82) is 0 Å². The molecule has 0 aliphatic carbocycles. The van der Waals surface area contributed by atoms with Crippen LogP contribution in [0.4, 0.5) is 4.39 Å². The number of hydrogen-bond acceptors (Lipinski definition) is 3. The van der Waals surface area contributed by atoms with Crippen molar-refractivity contribution in [1.82, 2.24) is 5.32 Å². The number of halogens is 2. The molecule has 0 amide bonds. The van der Waals surface area contributed by atoms with Gasteiger partial charge in [-0.3, -0.25) is 0 Å². The lowest BCUT2D eigenvalue weighted by Gasteiger charge is -2.13. The van der Waals surface area contributed by atoms with Crippen LogP contribution in [0, 0.1) is 5.82 Å². The number of methoxy groups -OCH3 is 2. The molecular formula is C17H21ClFNO2. The zero-order valence-corrected chi connectivity index (χ0v) is 13.6. The molecule has 0 aliphatic heterocycles. The third-order valence-electron chi connectivity index (χ3n) is 3.28. The maximum atomic E-state index is 13.1. The Hall–Kier alpha value is -1.78. The number of nitrogens with one attached hydrogen (secondary N) is 1. The largest absolute Gasteiger partial charge is 0.493 e. The highest BCUT2D eigenvalue weighted by Gasteiger charge is 2.08. The Morgan fingerprint density at radius 2 is 1.82 bits per heavy atom. The fourth-order valence-corrected chi connectivity index (χ4v) is 2.24. The van der Waals surface area contributed by atoms with Crippen molar-refractivity contribution in [3.05, 3.63) is 59.4 Å². The van der Waals surface area contributed by atoms with Gasteiger partial charge in [-0.1, -0.05) is 24.3 Å². The van der Waals surface area contributed by atoms with Crippen LogP contribution in [0.2, 0.25) is 0 Å². The summed E-state index contributed by atoms with van der Waals surface area (Å²) in [7, 11) is 3.26. The monoisotopic (exact) mass is 325 g/mol. The summed E-state index contributed by atoms with van der Waals surface area (Å²) < 4.78 is 23.7. The van der Waals surface area contributed by atoms with E-state index < -0.39 is 0 Å². The molecule has 2 aromatic carbocycles. The highest BCUT2D eigenvalue weighted by Crippen LogP contribution is 2.30. The van der Waals surface area contributed by atoms with Gasteiger partial charge in [0.1, 0.15) is 5.82 Å². The fourth-order valence-electron chi connectivity index (χ4n) is 2.24. The van der Waals surface area contributed by atoms with E-state index in [2.05, 4.69) is 5.32 Å². The molecule has 0 atom stereocenters. The van der Waals surface area contributed by atoms with Crippen LogP contribution in [0.15, 0.2) is 42.5 Å². The molecule has 0 radical (unpaired) electrons. The smallest absolute Gasteiger partial charge is 0.165 e. The predicted octanol–water partition coefficient (Wildman–Crippen LogP) is 3.60. The molecule has 0 fully saturated rings. The van der Waals surface area contributed by atoms with E-state index in [0.29, 0.717) is 6.54 Å². The van der Waals surface area contributed by atoms with E-state index in [-0.39, 0.29) is 18.2 Å². The molecule has 120 valence electrons. The van der Waals surface area contributed by atoms with E-state index >= 15 is 0 Å². The minimum absolute atomic E-state index is 0. The molecule has 0 heterocycles. The van der Waals surface area contributed by atoms with Crippen molar-refractivity contribution in [2.24, 2.45) is 0 Å². The van der Waals surface area contributed by atoms with Gasteiger partial charge < -0.3 is 14.8 Å². The van der Waals surface area contributed by atoms with Gasteiger partial charge in [0.05, 0.1) is 14.2 Å². The topological polar surface area (TPSA) is 30.5 Å². The van der Waals surface area contributed by atoms with Crippen LogP contribution in [-0.2, 0) is 13.0 Å². The van der Waals surface area contributed by atoms with Crippen LogP contribution < -0.4 is 14.8 Å². The first-order valence-electron chi connectivity index (χ1n) is 6.89. The zero-order valence-electron chi connectivity index (χ0n) is 12.8. The number of ether oxygens (including phenoxy) is 2. The number of rotatable bonds is 7. The lowest BCUT2D eigenvalue weighted by molar-refractivity contribution is 0.350. The lowest BCUT2D eigenvalue weighted by Crippen LogP contribution is -2.17. The van der Waals surface area contributed by atoms with Crippen molar-refractivity contribution >= 4 is 12.4 Å². The Kier molecular flexibility index (Phi) is 7.71. The molecule has 0 aliphatic rings. The first-order chi connectivity index (χ1) is 10.2. The summed E-state index contributed by atoms with van der Waals surface area (Å²) in [4.78, 5) is 0. The summed E-state index contributed by atoms with van der Waals surface area (Å²) in [5, 5.41) is 3.34. The summed E-state index contributed by atoms with van der Waals surface area (Å²) in [6.07, 6.45) is 0.782. The SMILES string of the molecule is COc1cccc(CNCCc2cccc(F)c2)c1OC.Cl. The average Bonchev–Trinajstić information content (AvgIpc) is 2.51. The third kappa shape index (κ3) is 4.90. The molecule has 0 saturated carbocycles. The van der Waals surface area contributed by atoms with Crippen molar-refractivity contribution < 1.29 is 13.9 Å². The van der Waals surface area contributed by atoms with Crippen molar-refractivity contribution in [2.75, 3.05) is 20.8 Å². The van der Waals surface area contributed by atoms with Crippen LogP contribution in [0.3, 0.4) is 0 Å². The van der Waals surface area contributed by atoms with E-state index in [0.717, 1.165) is 35.6 Å². The molecule has 0 unspecified atom stereocenters. The second kappa shape index (κ2) is 9.28. The molecule has 0 spiro atoms. The highest BCUT2D eigenvalue weighted by atomic mass is 35.5. The Morgan fingerprint density at radius 3 is 2.50 bits per heavy atom. The minimum Gasteiger partial charge on any atom is -0.493 e. The summed E-state index contributed by atoms with van der Waals surface area (Å²) in [6, 6.07) is 12.5. The van der Waals surface area contributed by atoms with Gasteiger partial charge in [-0.25, -0.2) is 4.39 Å². The van der Waals surface area contributed by atoms with Gasteiger partial charge in [0.25, 0.3) is 0 Å². The summed E-state index contributed by atoms with van der Waals surface area (Å²) in [5.41, 5.74) is 2.02. The Morgan fingerprint density at radius 1 is 1.05 bits per heavy atom. The fraction of sp³-hybridized carbons (Fsp3) is 0.294. The third-order valence-corrected chi connectivity index (χ3v) is 3.28. The van der Waals surface area contributed by atoms with Gasteiger partial charge >= 0.3 is 0 Å². The van der Waals surface area contributed by atoms with E-state index in [4.69, 9.17) is 9.47 Å². The molecule has 0 bridgehead atoms. The average molecular weight is 326 g/mol. The van der Waals surface area contributed by atoms with Gasteiger partial charge in [0, 0.05) is 12.1 Å². The number of benzene rings is 2. The molecule has 22 heavy (non-hydrogen) atoms. The maximum absolute atomic E-state index is 13.1. The Labute approximate surface area is 136 Å². The van der Waals surface area contributed by atoms with E-state index in [1.807, 2.05) is 24.3 Å². The Balaban J connectivity index is 0.00000242. The zero-order chi connectivity index (χ0) is 15.1. The van der Waals surface area contributed by atoms with Crippen molar-refractivity contribution in [3.8, 4) is 11.5 Å². The van der Waals surface area contributed by atoms with Crippen LogP contribution in [0.25, 0.3) is 0 Å². The van der Waals surface area contributed by atoms with Gasteiger partial charge in [-0.05, 0) is 36.7 Å². The normalized spacial score (nSPS) is 9.95. The molecule has 5 heteroatoms. The summed E-state index contributed by atoms with van der Waals surface area (Å²) in [6.45, 7) is 1.44. The van der Waals surface area contributed by atoms with Crippen molar-refractivity contribution in [2.45, 2.75) is 13.0 Å². The number of para-hydroxylation sites is 1. The molecule has 2 rings (SSSR count). The maximum Gasteiger partial charge on any atom is 0.165 e. The van der Waals surface area contributed by atoms with Gasteiger partial charge in [-0.15, -0.1) is 12.4 Å². The first kappa shape index (κ1) is 18.3. The number of hydrogen-bond donors (Lipinski definition) is 1. The van der Waals surface area contributed by atoms with Crippen LogP contribution in [-0.4, -0.2) is 20.8 Å². The highest BCUT2D eigenvalue weighted by molar-refractivity contribution is 5.85. The van der Waals surface area contributed by atoms with Crippen LogP contribution in [0.1, 0.15) is 11.1 Å². The molecule has 1 N–H and O–H groups in total. The van der Waals surface area contributed by atoms with Crippen LogP contribution in [0.5, 0.6) is 11.5 Å². The van der Waals surface area contributed by atoms with Gasteiger partial charge in [0.15, 0.2) is 11.5 Å². The first-order valence-corrected chi connectivity index (χ1v) is 6.89. The standard InChI is InChI=1S/C17H20FNO2.ClH/c1-20-16-8-4-6-14(17(16)21-2)12-19-10-9-13-5-3-7-15(18)11-13;/h3-8,11,19H,9-10,12H2,1-2H3;1H. The predicted molar refractivity (Wildman–Crippen MR) is 88.6 cm³/mol. The summed E-state index contributed by atoms with van der Waals surface area (Å²) in [5.74, 6) is 1.28. The van der Waals surface area contributed by atoms with Crippen LogP contribution >= 0.6 is 12.4 Å². The van der Waals surface area contributed by atoms with Gasteiger partial charge in [-0.2, -0.15) is 0 Å². The molecule has 0 saturated heterocycles. The second-order valence-corrected chi connectivity index (χ2v) is 4.71.